The van der Waals surface area contributed by atoms with Gasteiger partial charge in [-0.3, -0.25) is 4.79 Å². The molecule has 1 saturated carbocycles. The molecule has 2 aromatic rings. The highest BCUT2D eigenvalue weighted by Gasteiger charge is 2.48. The van der Waals surface area contributed by atoms with Crippen molar-refractivity contribution in [2.45, 2.75) is 32.7 Å². The quantitative estimate of drug-likeness (QED) is 0.867. The van der Waals surface area contributed by atoms with Crippen molar-refractivity contribution in [2.75, 3.05) is 6.61 Å². The van der Waals surface area contributed by atoms with E-state index in [9.17, 15) is 4.79 Å². The SMILES string of the molecule is CC1(C)[C@H](CCO)C[C@@H]1n1cnc2c(=O)[nH]cnc21. The molecule has 2 heterocycles. The van der Waals surface area contributed by atoms with Gasteiger partial charge in [-0.15, -0.1) is 0 Å². The monoisotopic (exact) mass is 262 g/mol. The van der Waals surface area contributed by atoms with Gasteiger partial charge in [-0.1, -0.05) is 13.8 Å². The Morgan fingerprint density at radius 2 is 2.32 bits per heavy atom. The molecular weight excluding hydrogens is 244 g/mol. The molecule has 1 aliphatic rings. The largest absolute Gasteiger partial charge is 0.396 e. The Labute approximate surface area is 110 Å². The Morgan fingerprint density at radius 1 is 1.53 bits per heavy atom. The third kappa shape index (κ3) is 1.70. The van der Waals surface area contributed by atoms with Gasteiger partial charge in [-0.05, 0) is 24.2 Å². The summed E-state index contributed by atoms with van der Waals surface area (Å²) in [6, 6.07) is 0.281. The molecule has 0 aliphatic heterocycles. The fourth-order valence-corrected chi connectivity index (χ4v) is 3.20. The van der Waals surface area contributed by atoms with E-state index in [0.29, 0.717) is 17.1 Å². The van der Waals surface area contributed by atoms with Crippen LogP contribution in [0, 0.1) is 11.3 Å². The maximum Gasteiger partial charge on any atom is 0.278 e. The molecule has 6 nitrogen and oxygen atoms in total. The van der Waals surface area contributed by atoms with Crippen LogP contribution >= 0.6 is 0 Å². The van der Waals surface area contributed by atoms with E-state index < -0.39 is 0 Å². The molecule has 6 heteroatoms. The van der Waals surface area contributed by atoms with Gasteiger partial charge in [0, 0.05) is 12.6 Å². The molecule has 0 unspecified atom stereocenters. The van der Waals surface area contributed by atoms with Crippen LogP contribution in [0.4, 0.5) is 0 Å². The molecule has 1 fully saturated rings. The average Bonchev–Trinajstić information content (AvgIpc) is 2.79. The van der Waals surface area contributed by atoms with Crippen LogP contribution in [0.2, 0.25) is 0 Å². The number of aliphatic hydroxyl groups is 1. The van der Waals surface area contributed by atoms with E-state index in [0.717, 1.165) is 12.8 Å². The second-order valence-electron chi connectivity index (χ2n) is 5.84. The summed E-state index contributed by atoms with van der Waals surface area (Å²) in [6.07, 6.45) is 4.94. The molecule has 19 heavy (non-hydrogen) atoms. The van der Waals surface area contributed by atoms with Crippen LogP contribution in [0.15, 0.2) is 17.4 Å². The second kappa shape index (κ2) is 4.16. The van der Waals surface area contributed by atoms with Gasteiger partial charge in [0.05, 0.1) is 12.7 Å². The minimum absolute atomic E-state index is 0.0840. The van der Waals surface area contributed by atoms with Crippen LogP contribution in [0.3, 0.4) is 0 Å². The number of imidazole rings is 1. The van der Waals surface area contributed by atoms with Gasteiger partial charge in [-0.2, -0.15) is 0 Å². The topological polar surface area (TPSA) is 83.8 Å². The molecule has 102 valence electrons. The Hall–Kier alpha value is -1.69. The first kappa shape index (κ1) is 12.3. The molecule has 0 spiro atoms. The number of nitrogens with zero attached hydrogens (tertiary/aromatic N) is 3. The summed E-state index contributed by atoms with van der Waals surface area (Å²) >= 11 is 0. The van der Waals surface area contributed by atoms with Crippen molar-refractivity contribution in [2.24, 2.45) is 11.3 Å². The third-order valence-corrected chi connectivity index (χ3v) is 4.60. The smallest absolute Gasteiger partial charge is 0.278 e. The lowest BCUT2D eigenvalue weighted by Gasteiger charge is -2.52. The van der Waals surface area contributed by atoms with Gasteiger partial charge in [0.2, 0.25) is 0 Å². The maximum atomic E-state index is 11.6. The number of aromatic amines is 1. The molecule has 2 aromatic heterocycles. The first-order chi connectivity index (χ1) is 9.05. The predicted octanol–water partition coefficient (Wildman–Crippen LogP) is 1.09. The van der Waals surface area contributed by atoms with Gasteiger partial charge in [0.1, 0.15) is 0 Å². The number of fused-ring (bicyclic) bond motifs is 1. The zero-order chi connectivity index (χ0) is 13.6. The summed E-state index contributed by atoms with van der Waals surface area (Å²) in [5.74, 6) is 0.502. The summed E-state index contributed by atoms with van der Waals surface area (Å²) < 4.78 is 2.00. The number of H-pyrrole nitrogens is 1. The zero-order valence-electron chi connectivity index (χ0n) is 11.1. The summed E-state index contributed by atoms with van der Waals surface area (Å²) in [4.78, 5) is 22.6. The molecule has 0 aromatic carbocycles. The van der Waals surface area contributed by atoms with Crippen LogP contribution in [0.1, 0.15) is 32.7 Å². The second-order valence-corrected chi connectivity index (χ2v) is 5.84. The van der Waals surface area contributed by atoms with E-state index >= 15 is 0 Å². The molecular formula is C13H18N4O2. The Morgan fingerprint density at radius 3 is 3.00 bits per heavy atom. The van der Waals surface area contributed by atoms with E-state index in [2.05, 4.69) is 28.8 Å². The first-order valence-electron chi connectivity index (χ1n) is 6.56. The number of nitrogens with one attached hydrogen (secondary N) is 1. The normalized spacial score (nSPS) is 25.4. The minimum atomic E-state index is -0.201. The van der Waals surface area contributed by atoms with Crippen molar-refractivity contribution in [1.82, 2.24) is 19.5 Å². The van der Waals surface area contributed by atoms with Crippen molar-refractivity contribution in [3.05, 3.63) is 23.0 Å². The molecule has 2 N–H and O–H groups in total. The van der Waals surface area contributed by atoms with Crippen molar-refractivity contribution < 1.29 is 5.11 Å². The van der Waals surface area contributed by atoms with Crippen LogP contribution < -0.4 is 5.56 Å². The minimum Gasteiger partial charge on any atom is -0.396 e. The average molecular weight is 262 g/mol. The van der Waals surface area contributed by atoms with Gasteiger partial charge < -0.3 is 14.7 Å². The number of hydrogen-bond acceptors (Lipinski definition) is 4. The first-order valence-corrected chi connectivity index (χ1v) is 6.56. The van der Waals surface area contributed by atoms with Crippen molar-refractivity contribution in [3.8, 4) is 0 Å². The number of aliphatic hydroxyl groups excluding tert-OH is 1. The lowest BCUT2D eigenvalue weighted by molar-refractivity contribution is -0.0216. The molecule has 2 atom stereocenters. The lowest BCUT2D eigenvalue weighted by atomic mass is 9.57. The highest BCUT2D eigenvalue weighted by atomic mass is 16.3. The fraction of sp³-hybridized carbons (Fsp3) is 0.615. The van der Waals surface area contributed by atoms with Gasteiger partial charge in [-0.25, -0.2) is 9.97 Å². The highest BCUT2D eigenvalue weighted by molar-refractivity contribution is 5.69. The summed E-state index contributed by atoms with van der Waals surface area (Å²) in [5, 5.41) is 9.08. The van der Waals surface area contributed by atoms with E-state index in [1.807, 2.05) is 4.57 Å². The number of rotatable bonds is 3. The van der Waals surface area contributed by atoms with E-state index in [4.69, 9.17) is 5.11 Å². The zero-order valence-corrected chi connectivity index (χ0v) is 11.1. The highest BCUT2D eigenvalue weighted by Crippen LogP contribution is 2.55. The van der Waals surface area contributed by atoms with Crippen molar-refractivity contribution in [1.29, 1.82) is 0 Å². The summed E-state index contributed by atoms with van der Waals surface area (Å²) in [5.41, 5.74) is 0.918. The van der Waals surface area contributed by atoms with Crippen LogP contribution in [0.5, 0.6) is 0 Å². The molecule has 0 amide bonds. The molecule has 0 bridgehead atoms. The summed E-state index contributed by atoms with van der Waals surface area (Å²) in [6.45, 7) is 4.62. The molecule has 3 rings (SSSR count). The van der Waals surface area contributed by atoms with Crippen molar-refractivity contribution in [3.63, 3.8) is 0 Å². The standard InChI is InChI=1S/C13H18N4O2/c1-13(2)8(3-4-18)5-9(13)17-7-16-10-11(17)14-6-15-12(10)19/h6-9,18H,3-5H2,1-2H3,(H,14,15,19)/t8-,9+/m1/s1. The lowest BCUT2D eigenvalue weighted by Crippen LogP contribution is -2.46. The van der Waals surface area contributed by atoms with Gasteiger partial charge in [0.25, 0.3) is 5.56 Å². The predicted molar refractivity (Wildman–Crippen MR) is 70.8 cm³/mol. The van der Waals surface area contributed by atoms with E-state index in [1.165, 1.54) is 6.33 Å². The maximum absolute atomic E-state index is 11.6. The van der Waals surface area contributed by atoms with E-state index in [-0.39, 0.29) is 23.6 Å². The summed E-state index contributed by atoms with van der Waals surface area (Å²) in [7, 11) is 0. The molecule has 1 aliphatic carbocycles. The van der Waals surface area contributed by atoms with Crippen LogP contribution in [-0.2, 0) is 0 Å². The van der Waals surface area contributed by atoms with Gasteiger partial charge in [0.15, 0.2) is 11.2 Å². The molecule has 0 saturated heterocycles. The van der Waals surface area contributed by atoms with E-state index in [1.54, 1.807) is 6.33 Å². The fourth-order valence-electron chi connectivity index (χ4n) is 3.20. The Bertz CT molecular complexity index is 658. The number of aromatic nitrogens is 4. The van der Waals surface area contributed by atoms with Crippen LogP contribution in [-0.4, -0.2) is 31.2 Å². The number of hydrogen-bond donors (Lipinski definition) is 2. The third-order valence-electron chi connectivity index (χ3n) is 4.60. The Balaban J connectivity index is 1.99. The molecule has 0 radical (unpaired) electrons. The Kier molecular flexibility index (Phi) is 2.70. The van der Waals surface area contributed by atoms with Crippen molar-refractivity contribution >= 4 is 11.2 Å². The van der Waals surface area contributed by atoms with Crippen LogP contribution in [0.25, 0.3) is 11.2 Å². The van der Waals surface area contributed by atoms with Gasteiger partial charge >= 0.3 is 0 Å².